The van der Waals surface area contributed by atoms with E-state index in [9.17, 15) is 5.26 Å². The lowest BCUT2D eigenvalue weighted by Gasteiger charge is -2.12. The zero-order chi connectivity index (χ0) is 13.7. The predicted octanol–water partition coefficient (Wildman–Crippen LogP) is 3.95. The fourth-order valence-electron chi connectivity index (χ4n) is 3.02. The van der Waals surface area contributed by atoms with E-state index < -0.39 is 0 Å². The molecule has 0 aromatic carbocycles. The predicted molar refractivity (Wildman–Crippen MR) is 78.1 cm³/mol. The highest BCUT2D eigenvalue weighted by atomic mass is 14.9. The van der Waals surface area contributed by atoms with Crippen LogP contribution in [-0.2, 0) is 0 Å². The van der Waals surface area contributed by atoms with E-state index in [2.05, 4.69) is 16.4 Å². The number of nitrogens with zero attached hydrogens (tertiary/aromatic N) is 2. The lowest BCUT2D eigenvalue weighted by molar-refractivity contribution is 0.491. The Labute approximate surface area is 116 Å². The lowest BCUT2D eigenvalue weighted by atomic mass is 10.0. The van der Waals surface area contributed by atoms with E-state index in [1.807, 2.05) is 19.9 Å². The summed E-state index contributed by atoms with van der Waals surface area (Å²) in [5.74, 6) is 0.943. The Bertz CT molecular complexity index is 468. The average Bonchev–Trinajstić information content (AvgIpc) is 2.87. The van der Waals surface area contributed by atoms with Crippen molar-refractivity contribution in [1.82, 2.24) is 4.98 Å². The molecule has 1 heterocycles. The zero-order valence-corrected chi connectivity index (χ0v) is 12.0. The summed E-state index contributed by atoms with van der Waals surface area (Å²) < 4.78 is 0. The molecule has 0 bridgehead atoms. The number of anilines is 1. The van der Waals surface area contributed by atoms with Crippen LogP contribution in [0.2, 0.25) is 0 Å². The highest BCUT2D eigenvalue weighted by Gasteiger charge is 2.14. The molecule has 1 aliphatic rings. The van der Waals surface area contributed by atoms with Crippen LogP contribution in [0.4, 0.5) is 5.69 Å². The molecule has 0 amide bonds. The molecule has 0 radical (unpaired) electrons. The molecular formula is C16H23N3. The summed E-state index contributed by atoms with van der Waals surface area (Å²) >= 11 is 0. The van der Waals surface area contributed by atoms with Gasteiger partial charge in [0.25, 0.3) is 0 Å². The third-order valence-electron chi connectivity index (χ3n) is 4.02. The van der Waals surface area contributed by atoms with Gasteiger partial charge >= 0.3 is 0 Å². The first kappa shape index (κ1) is 13.9. The maximum Gasteiger partial charge on any atom is 0.103 e. The Kier molecular flexibility index (Phi) is 4.79. The highest BCUT2D eigenvalue weighted by Crippen LogP contribution is 2.28. The van der Waals surface area contributed by atoms with Crippen LogP contribution < -0.4 is 5.32 Å². The van der Waals surface area contributed by atoms with Crippen molar-refractivity contribution in [2.75, 3.05) is 11.9 Å². The van der Waals surface area contributed by atoms with Crippen molar-refractivity contribution >= 4 is 5.69 Å². The van der Waals surface area contributed by atoms with Crippen molar-refractivity contribution in [3.05, 3.63) is 23.0 Å². The second-order valence-corrected chi connectivity index (χ2v) is 5.60. The Balaban J connectivity index is 1.86. The van der Waals surface area contributed by atoms with Crippen LogP contribution in [0.3, 0.4) is 0 Å². The van der Waals surface area contributed by atoms with Gasteiger partial charge in [-0.1, -0.05) is 25.7 Å². The molecule has 1 aromatic heterocycles. The fraction of sp³-hybridized carbons (Fsp3) is 0.625. The van der Waals surface area contributed by atoms with Gasteiger partial charge in [0.15, 0.2) is 0 Å². The molecule has 19 heavy (non-hydrogen) atoms. The van der Waals surface area contributed by atoms with Gasteiger partial charge in [0, 0.05) is 12.2 Å². The molecule has 102 valence electrons. The monoisotopic (exact) mass is 257 g/mol. The number of hydrogen-bond donors (Lipinski definition) is 1. The van der Waals surface area contributed by atoms with Crippen LogP contribution >= 0.6 is 0 Å². The van der Waals surface area contributed by atoms with Gasteiger partial charge in [0.2, 0.25) is 0 Å². The van der Waals surface area contributed by atoms with Crippen molar-refractivity contribution in [3.63, 3.8) is 0 Å². The molecule has 1 aliphatic carbocycles. The maximum absolute atomic E-state index is 9.19. The van der Waals surface area contributed by atoms with Crippen LogP contribution in [0, 0.1) is 31.1 Å². The summed E-state index contributed by atoms with van der Waals surface area (Å²) in [6.45, 7) is 4.82. The molecule has 3 heteroatoms. The first-order valence-electron chi connectivity index (χ1n) is 7.33. The number of pyridine rings is 1. The summed E-state index contributed by atoms with van der Waals surface area (Å²) in [5.41, 5.74) is 3.42. The van der Waals surface area contributed by atoms with Gasteiger partial charge < -0.3 is 5.32 Å². The minimum absolute atomic E-state index is 0.687. The van der Waals surface area contributed by atoms with Gasteiger partial charge in [0.05, 0.1) is 16.9 Å². The van der Waals surface area contributed by atoms with Crippen molar-refractivity contribution in [3.8, 4) is 6.07 Å². The molecule has 2 rings (SSSR count). The van der Waals surface area contributed by atoms with Crippen molar-refractivity contribution in [2.24, 2.45) is 5.92 Å². The molecule has 1 fully saturated rings. The van der Waals surface area contributed by atoms with Gasteiger partial charge in [-0.15, -0.1) is 0 Å². The zero-order valence-electron chi connectivity index (χ0n) is 12.0. The molecule has 0 saturated heterocycles. The van der Waals surface area contributed by atoms with Crippen LogP contribution in [-0.4, -0.2) is 11.5 Å². The van der Waals surface area contributed by atoms with Crippen molar-refractivity contribution in [2.45, 2.75) is 52.4 Å². The van der Waals surface area contributed by atoms with E-state index >= 15 is 0 Å². The summed E-state index contributed by atoms with van der Waals surface area (Å²) in [6, 6.07) is 4.22. The Morgan fingerprint density at radius 2 is 2.11 bits per heavy atom. The molecule has 1 saturated carbocycles. The van der Waals surface area contributed by atoms with E-state index in [1.54, 1.807) is 0 Å². The van der Waals surface area contributed by atoms with Crippen LogP contribution in [0.15, 0.2) is 6.07 Å². The summed E-state index contributed by atoms with van der Waals surface area (Å²) in [5, 5.41) is 12.6. The van der Waals surface area contributed by atoms with Gasteiger partial charge in [0.1, 0.15) is 6.07 Å². The summed E-state index contributed by atoms with van der Waals surface area (Å²) in [7, 11) is 0. The van der Waals surface area contributed by atoms with Crippen LogP contribution in [0.1, 0.15) is 55.5 Å². The van der Waals surface area contributed by atoms with Gasteiger partial charge in [-0.05, 0) is 38.7 Å². The molecule has 0 atom stereocenters. The smallest absolute Gasteiger partial charge is 0.103 e. The third kappa shape index (κ3) is 3.70. The number of rotatable bonds is 5. The molecular weight excluding hydrogens is 234 g/mol. The number of aromatic nitrogens is 1. The summed E-state index contributed by atoms with van der Waals surface area (Å²) in [6.07, 6.45) is 8.17. The molecule has 0 aliphatic heterocycles. The van der Waals surface area contributed by atoms with Crippen LogP contribution in [0.25, 0.3) is 0 Å². The maximum atomic E-state index is 9.19. The summed E-state index contributed by atoms with van der Waals surface area (Å²) in [4.78, 5) is 4.33. The third-order valence-corrected chi connectivity index (χ3v) is 4.02. The molecule has 3 nitrogen and oxygen atoms in total. The SMILES string of the molecule is Cc1cc(NCCCC2CCCC2)c(C#N)c(C)n1. The topological polar surface area (TPSA) is 48.7 Å². The molecule has 0 spiro atoms. The second-order valence-electron chi connectivity index (χ2n) is 5.60. The Morgan fingerprint density at radius 3 is 2.79 bits per heavy atom. The largest absolute Gasteiger partial charge is 0.384 e. The number of nitrogens with one attached hydrogen (secondary N) is 1. The van der Waals surface area contributed by atoms with Gasteiger partial charge in [-0.3, -0.25) is 4.98 Å². The van der Waals surface area contributed by atoms with Gasteiger partial charge in [-0.2, -0.15) is 5.26 Å². The quantitative estimate of drug-likeness (QED) is 0.812. The second kappa shape index (κ2) is 6.56. The molecule has 1 N–H and O–H groups in total. The Hall–Kier alpha value is -1.56. The van der Waals surface area contributed by atoms with E-state index in [0.717, 1.165) is 29.5 Å². The number of nitriles is 1. The van der Waals surface area contributed by atoms with Crippen LogP contribution in [0.5, 0.6) is 0 Å². The van der Waals surface area contributed by atoms with E-state index in [0.29, 0.717) is 5.56 Å². The number of hydrogen-bond acceptors (Lipinski definition) is 3. The van der Waals surface area contributed by atoms with E-state index in [4.69, 9.17) is 0 Å². The molecule has 1 aromatic rings. The standard InChI is InChI=1S/C16H23N3/c1-12-10-16(15(11-17)13(2)19-12)18-9-5-8-14-6-3-4-7-14/h10,14H,3-9H2,1-2H3,(H,18,19). The van der Waals surface area contributed by atoms with Gasteiger partial charge in [-0.25, -0.2) is 0 Å². The van der Waals surface area contributed by atoms with E-state index in [-0.39, 0.29) is 0 Å². The van der Waals surface area contributed by atoms with E-state index in [1.165, 1.54) is 38.5 Å². The number of aryl methyl sites for hydroxylation is 2. The Morgan fingerprint density at radius 1 is 1.37 bits per heavy atom. The lowest BCUT2D eigenvalue weighted by Crippen LogP contribution is -2.07. The minimum atomic E-state index is 0.687. The molecule has 0 unspecified atom stereocenters. The minimum Gasteiger partial charge on any atom is -0.384 e. The first-order chi connectivity index (χ1) is 9.20. The highest BCUT2D eigenvalue weighted by molar-refractivity contribution is 5.59. The van der Waals surface area contributed by atoms with Crippen molar-refractivity contribution in [1.29, 1.82) is 5.26 Å². The normalized spacial score (nSPS) is 15.4. The van der Waals surface area contributed by atoms with Crippen molar-refractivity contribution < 1.29 is 0 Å². The fourth-order valence-corrected chi connectivity index (χ4v) is 3.02. The average molecular weight is 257 g/mol. The first-order valence-corrected chi connectivity index (χ1v) is 7.33.